The highest BCUT2D eigenvalue weighted by Crippen LogP contribution is 2.34. The largest absolute Gasteiger partial charge is 0.416 e. The average Bonchev–Trinajstić information content (AvgIpc) is 2.28. The number of halogens is 3. The lowest BCUT2D eigenvalue weighted by molar-refractivity contribution is -0.138. The van der Waals surface area contributed by atoms with Gasteiger partial charge in [-0.3, -0.25) is 0 Å². The lowest BCUT2D eigenvalue weighted by Crippen LogP contribution is -2.17. The summed E-state index contributed by atoms with van der Waals surface area (Å²) in [6, 6.07) is 4.87. The van der Waals surface area contributed by atoms with Gasteiger partial charge in [0.2, 0.25) is 0 Å². The Labute approximate surface area is 98.8 Å². The van der Waals surface area contributed by atoms with Gasteiger partial charge in [-0.1, -0.05) is 24.6 Å². The molecule has 0 bridgehead atoms. The minimum absolute atomic E-state index is 0.164. The van der Waals surface area contributed by atoms with Crippen LogP contribution < -0.4 is 11.5 Å². The molecule has 0 saturated heterocycles. The molecule has 96 valence electrons. The second-order valence-corrected chi connectivity index (χ2v) is 3.98. The van der Waals surface area contributed by atoms with Gasteiger partial charge < -0.3 is 11.5 Å². The highest BCUT2D eigenvalue weighted by Gasteiger charge is 2.34. The molecule has 5 heteroatoms. The summed E-state index contributed by atoms with van der Waals surface area (Å²) in [4.78, 5) is 0. The van der Waals surface area contributed by atoms with Crippen LogP contribution in [0.3, 0.4) is 0 Å². The molecular formula is C12H17F3N2. The Morgan fingerprint density at radius 1 is 1.12 bits per heavy atom. The SMILES string of the molecule is NCCCC[C@@H](N)c1ccccc1C(F)(F)F. The van der Waals surface area contributed by atoms with Gasteiger partial charge in [0.15, 0.2) is 0 Å². The van der Waals surface area contributed by atoms with Gasteiger partial charge in [-0.15, -0.1) is 0 Å². The van der Waals surface area contributed by atoms with E-state index in [0.29, 0.717) is 13.0 Å². The number of hydrogen-bond acceptors (Lipinski definition) is 2. The number of benzene rings is 1. The molecule has 0 fully saturated rings. The van der Waals surface area contributed by atoms with Crippen LogP contribution in [0.15, 0.2) is 24.3 Å². The van der Waals surface area contributed by atoms with Gasteiger partial charge >= 0.3 is 6.18 Å². The normalized spacial score (nSPS) is 13.7. The molecule has 1 rings (SSSR count). The summed E-state index contributed by atoms with van der Waals surface area (Å²) in [5.41, 5.74) is 10.6. The summed E-state index contributed by atoms with van der Waals surface area (Å²) in [7, 11) is 0. The van der Waals surface area contributed by atoms with Gasteiger partial charge in [0.25, 0.3) is 0 Å². The summed E-state index contributed by atoms with van der Waals surface area (Å²) in [5, 5.41) is 0. The molecule has 0 radical (unpaired) electrons. The molecule has 0 heterocycles. The van der Waals surface area contributed by atoms with Crippen molar-refractivity contribution in [2.24, 2.45) is 11.5 Å². The molecule has 0 saturated carbocycles. The van der Waals surface area contributed by atoms with E-state index in [1.165, 1.54) is 12.1 Å². The van der Waals surface area contributed by atoms with Crippen molar-refractivity contribution < 1.29 is 13.2 Å². The van der Waals surface area contributed by atoms with E-state index in [-0.39, 0.29) is 5.56 Å². The zero-order chi connectivity index (χ0) is 12.9. The van der Waals surface area contributed by atoms with Crippen molar-refractivity contribution in [3.8, 4) is 0 Å². The Morgan fingerprint density at radius 2 is 1.76 bits per heavy atom. The van der Waals surface area contributed by atoms with Crippen LogP contribution in [-0.4, -0.2) is 6.54 Å². The number of nitrogens with two attached hydrogens (primary N) is 2. The van der Waals surface area contributed by atoms with E-state index < -0.39 is 17.8 Å². The van der Waals surface area contributed by atoms with Crippen molar-refractivity contribution >= 4 is 0 Å². The summed E-state index contributed by atoms with van der Waals surface area (Å²) in [5.74, 6) is 0. The number of alkyl halides is 3. The molecule has 0 amide bonds. The fraction of sp³-hybridized carbons (Fsp3) is 0.500. The fourth-order valence-electron chi connectivity index (χ4n) is 1.74. The van der Waals surface area contributed by atoms with Crippen molar-refractivity contribution in [2.45, 2.75) is 31.5 Å². The molecule has 0 aliphatic rings. The highest BCUT2D eigenvalue weighted by atomic mass is 19.4. The zero-order valence-corrected chi connectivity index (χ0v) is 9.50. The van der Waals surface area contributed by atoms with Crippen LogP contribution in [0.4, 0.5) is 13.2 Å². The minimum atomic E-state index is -4.35. The first-order chi connectivity index (χ1) is 7.96. The second-order valence-electron chi connectivity index (χ2n) is 3.98. The summed E-state index contributed by atoms with van der Waals surface area (Å²) in [6.45, 7) is 0.535. The summed E-state index contributed by atoms with van der Waals surface area (Å²) < 4.78 is 38.2. The van der Waals surface area contributed by atoms with Crippen molar-refractivity contribution in [3.63, 3.8) is 0 Å². The first kappa shape index (κ1) is 14.0. The van der Waals surface area contributed by atoms with Crippen molar-refractivity contribution in [3.05, 3.63) is 35.4 Å². The smallest absolute Gasteiger partial charge is 0.330 e. The Bertz CT molecular complexity index is 350. The molecular weight excluding hydrogens is 229 g/mol. The third kappa shape index (κ3) is 4.02. The van der Waals surface area contributed by atoms with Gasteiger partial charge in [0.05, 0.1) is 5.56 Å². The van der Waals surface area contributed by atoms with Gasteiger partial charge in [-0.2, -0.15) is 13.2 Å². The quantitative estimate of drug-likeness (QED) is 0.785. The predicted molar refractivity (Wildman–Crippen MR) is 61.3 cm³/mol. The molecule has 1 aromatic rings. The topological polar surface area (TPSA) is 52.0 Å². The molecule has 0 unspecified atom stereocenters. The zero-order valence-electron chi connectivity index (χ0n) is 9.50. The number of hydrogen-bond donors (Lipinski definition) is 2. The van der Waals surface area contributed by atoms with Crippen LogP contribution in [-0.2, 0) is 6.18 Å². The standard InChI is InChI=1S/C12H17F3N2/c13-12(14,15)10-6-2-1-5-9(10)11(17)7-3-4-8-16/h1-2,5-6,11H,3-4,7-8,16-17H2/t11-/m1/s1. The fourth-order valence-corrected chi connectivity index (χ4v) is 1.74. The first-order valence-corrected chi connectivity index (χ1v) is 5.58. The number of unbranched alkanes of at least 4 members (excludes halogenated alkanes) is 1. The van der Waals surface area contributed by atoms with E-state index in [2.05, 4.69) is 0 Å². The third-order valence-corrected chi connectivity index (χ3v) is 2.63. The Morgan fingerprint density at radius 3 is 2.35 bits per heavy atom. The third-order valence-electron chi connectivity index (χ3n) is 2.63. The molecule has 0 aliphatic carbocycles. The molecule has 1 atom stereocenters. The van der Waals surface area contributed by atoms with Gasteiger partial charge in [-0.05, 0) is 31.0 Å². The van der Waals surface area contributed by atoms with Gasteiger partial charge in [0.1, 0.15) is 0 Å². The summed E-state index contributed by atoms with van der Waals surface area (Å²) in [6.07, 6.45) is -2.31. The molecule has 4 N–H and O–H groups in total. The lowest BCUT2D eigenvalue weighted by Gasteiger charge is -2.18. The van der Waals surface area contributed by atoms with Crippen LogP contribution in [0.1, 0.15) is 36.4 Å². The maximum Gasteiger partial charge on any atom is 0.416 e. The van der Waals surface area contributed by atoms with E-state index in [1.54, 1.807) is 6.07 Å². The van der Waals surface area contributed by atoms with Crippen LogP contribution in [0.2, 0.25) is 0 Å². The van der Waals surface area contributed by atoms with E-state index >= 15 is 0 Å². The molecule has 0 aromatic heterocycles. The summed E-state index contributed by atoms with van der Waals surface area (Å²) >= 11 is 0. The van der Waals surface area contributed by atoms with E-state index in [1.807, 2.05) is 0 Å². The van der Waals surface area contributed by atoms with Crippen molar-refractivity contribution in [1.29, 1.82) is 0 Å². The molecule has 2 nitrogen and oxygen atoms in total. The van der Waals surface area contributed by atoms with Gasteiger partial charge in [-0.25, -0.2) is 0 Å². The molecule has 17 heavy (non-hydrogen) atoms. The molecule has 0 spiro atoms. The van der Waals surface area contributed by atoms with Crippen molar-refractivity contribution in [2.75, 3.05) is 6.54 Å². The Balaban J connectivity index is 2.82. The van der Waals surface area contributed by atoms with Crippen LogP contribution in [0.25, 0.3) is 0 Å². The maximum atomic E-state index is 12.7. The van der Waals surface area contributed by atoms with Crippen LogP contribution >= 0.6 is 0 Å². The molecule has 1 aromatic carbocycles. The van der Waals surface area contributed by atoms with E-state index in [4.69, 9.17) is 11.5 Å². The highest BCUT2D eigenvalue weighted by molar-refractivity contribution is 5.32. The average molecular weight is 246 g/mol. The second kappa shape index (κ2) is 6.02. The first-order valence-electron chi connectivity index (χ1n) is 5.58. The maximum absolute atomic E-state index is 12.7. The lowest BCUT2D eigenvalue weighted by atomic mass is 9.96. The monoisotopic (exact) mass is 246 g/mol. The van der Waals surface area contributed by atoms with Crippen LogP contribution in [0.5, 0.6) is 0 Å². The minimum Gasteiger partial charge on any atom is -0.330 e. The van der Waals surface area contributed by atoms with E-state index in [9.17, 15) is 13.2 Å². The number of rotatable bonds is 5. The van der Waals surface area contributed by atoms with Crippen molar-refractivity contribution in [1.82, 2.24) is 0 Å². The van der Waals surface area contributed by atoms with E-state index in [0.717, 1.165) is 18.9 Å². The Hall–Kier alpha value is -1.07. The van der Waals surface area contributed by atoms with Crippen LogP contribution in [0, 0.1) is 0 Å². The predicted octanol–water partition coefficient (Wildman–Crippen LogP) is 2.83. The molecule has 0 aliphatic heterocycles. The Kier molecular flexibility index (Phi) is 4.96. The van der Waals surface area contributed by atoms with Gasteiger partial charge in [0, 0.05) is 6.04 Å².